The van der Waals surface area contributed by atoms with E-state index >= 15 is 0 Å². The molecule has 10 heteroatoms. The number of aliphatic carboxylic acids is 1. The van der Waals surface area contributed by atoms with E-state index in [2.05, 4.69) is 58.3 Å². The van der Waals surface area contributed by atoms with E-state index in [9.17, 15) is 9.90 Å². The van der Waals surface area contributed by atoms with Gasteiger partial charge in [0.1, 0.15) is 11.9 Å². The lowest BCUT2D eigenvalue weighted by Gasteiger charge is -2.29. The van der Waals surface area contributed by atoms with Gasteiger partial charge in [0, 0.05) is 37.0 Å². The van der Waals surface area contributed by atoms with Crippen molar-refractivity contribution in [3.8, 4) is 5.75 Å². The zero-order valence-electron chi connectivity index (χ0n) is 22.6. The second-order valence-electron chi connectivity index (χ2n) is 10.5. The van der Waals surface area contributed by atoms with Crippen LogP contribution in [0.5, 0.6) is 5.75 Å². The molecule has 0 saturated heterocycles. The number of pyridine rings is 1. The van der Waals surface area contributed by atoms with Crippen LogP contribution >= 0.6 is 22.9 Å². The van der Waals surface area contributed by atoms with Crippen molar-refractivity contribution in [1.29, 1.82) is 0 Å². The van der Waals surface area contributed by atoms with E-state index in [0.717, 1.165) is 57.9 Å². The molecule has 2 aliphatic rings. The number of thiophene rings is 1. The number of carbonyl (C=O) groups is 1. The Kier molecular flexibility index (Phi) is 7.31. The lowest BCUT2D eigenvalue weighted by atomic mass is 9.86. The van der Waals surface area contributed by atoms with Crippen LogP contribution < -0.4 is 20.7 Å². The van der Waals surface area contributed by atoms with Gasteiger partial charge in [0.2, 0.25) is 0 Å². The predicted molar refractivity (Wildman–Crippen MR) is 160 cm³/mol. The monoisotopic (exact) mass is 577 g/mol. The summed E-state index contributed by atoms with van der Waals surface area (Å²) in [5.41, 5.74) is 11.6. The third kappa shape index (κ3) is 4.88. The first-order valence-electron chi connectivity index (χ1n) is 13.5. The molecule has 0 spiro atoms. The summed E-state index contributed by atoms with van der Waals surface area (Å²) in [6, 6.07) is 14.3. The molecule has 0 unspecified atom stereocenters. The molecule has 0 aliphatic carbocycles. The first-order chi connectivity index (χ1) is 19.3. The Morgan fingerprint density at radius 3 is 2.95 bits per heavy atom. The molecule has 40 heavy (non-hydrogen) atoms. The second-order valence-corrected chi connectivity index (χ2v) is 11.8. The molecule has 4 heterocycles. The third-order valence-corrected chi connectivity index (χ3v) is 9.38. The van der Waals surface area contributed by atoms with Crippen molar-refractivity contribution < 1.29 is 14.6 Å². The molecule has 208 valence electrons. The summed E-state index contributed by atoms with van der Waals surface area (Å²) in [5.74, 6) is -0.439. The molecule has 3 atom stereocenters. The fourth-order valence-corrected chi connectivity index (χ4v) is 7.02. The van der Waals surface area contributed by atoms with Crippen LogP contribution in [-0.4, -0.2) is 40.7 Å². The lowest BCUT2D eigenvalue weighted by molar-refractivity contribution is -0.137. The standard InChI is InChI=1S/C30H32ClN5O3S/c1-4-21-16-36(17(2)28-25(39-21)6-5-10-32-28)15-20-13-19(12-18-9-11-40-30(18)20)23(14-26(37)38)22-7-8-24-29(27(22)31)33-34-35(24)3/h5-13,17,21,23,33-34H,4,14-16H2,1-3H3,(H,37,38)/t17-,21+,23+/m0/s1. The molecule has 0 saturated carbocycles. The zero-order valence-corrected chi connectivity index (χ0v) is 24.2. The molecule has 3 N–H and O–H groups in total. The van der Waals surface area contributed by atoms with Crippen molar-refractivity contribution in [1.82, 2.24) is 15.4 Å². The number of hydrogen-bond acceptors (Lipinski definition) is 8. The van der Waals surface area contributed by atoms with Crippen LogP contribution in [0.4, 0.5) is 11.4 Å². The summed E-state index contributed by atoms with van der Waals surface area (Å²) < 4.78 is 7.55. The van der Waals surface area contributed by atoms with Crippen LogP contribution in [0.1, 0.15) is 61.0 Å². The number of hydrogen-bond donors (Lipinski definition) is 3. The minimum atomic E-state index is -0.872. The molecular weight excluding hydrogens is 546 g/mol. The third-order valence-electron chi connectivity index (χ3n) is 7.97. The topological polar surface area (TPSA) is 90.0 Å². The van der Waals surface area contributed by atoms with Gasteiger partial charge in [0.15, 0.2) is 0 Å². The van der Waals surface area contributed by atoms with E-state index in [1.807, 2.05) is 42.5 Å². The Bertz CT molecular complexity index is 1580. The maximum Gasteiger partial charge on any atom is 0.304 e. The number of anilines is 2. The van der Waals surface area contributed by atoms with Crippen molar-refractivity contribution in [2.45, 2.75) is 51.3 Å². The molecule has 2 aromatic carbocycles. The number of hydrazine groups is 2. The highest BCUT2D eigenvalue weighted by Gasteiger charge is 2.31. The first kappa shape index (κ1) is 26.8. The van der Waals surface area contributed by atoms with E-state index in [1.54, 1.807) is 11.3 Å². The summed E-state index contributed by atoms with van der Waals surface area (Å²) in [6.07, 6.45) is 2.70. The number of carboxylic acid groups (broad SMARTS) is 1. The van der Waals surface area contributed by atoms with Gasteiger partial charge in [-0.3, -0.25) is 19.7 Å². The number of ether oxygens (including phenoxy) is 1. The molecule has 6 rings (SSSR count). The molecular formula is C30H32ClN5O3S. The minimum absolute atomic E-state index is 0.0547. The normalized spacial score (nSPS) is 19.4. The SMILES string of the molecule is CC[C@@H]1CN(Cc2cc([C@@H](CC(=O)O)c3ccc4c(c3Cl)NNN4C)cc3ccsc23)[C@@H](C)c2ncccc2O1. The number of halogens is 1. The van der Waals surface area contributed by atoms with Gasteiger partial charge < -0.3 is 15.3 Å². The summed E-state index contributed by atoms with van der Waals surface area (Å²) in [7, 11) is 1.90. The van der Waals surface area contributed by atoms with Gasteiger partial charge in [0.25, 0.3) is 0 Å². The Morgan fingerprint density at radius 2 is 2.15 bits per heavy atom. The van der Waals surface area contributed by atoms with Crippen LogP contribution in [0.25, 0.3) is 10.1 Å². The van der Waals surface area contributed by atoms with Crippen molar-refractivity contribution in [2.75, 3.05) is 24.0 Å². The van der Waals surface area contributed by atoms with Gasteiger partial charge >= 0.3 is 5.97 Å². The second kappa shape index (κ2) is 10.9. The highest BCUT2D eigenvalue weighted by molar-refractivity contribution is 7.17. The van der Waals surface area contributed by atoms with Crippen LogP contribution in [0.3, 0.4) is 0 Å². The average molecular weight is 578 g/mol. The smallest absolute Gasteiger partial charge is 0.304 e. The summed E-state index contributed by atoms with van der Waals surface area (Å²) in [5, 5.41) is 15.5. The molecule has 0 fully saturated rings. The Morgan fingerprint density at radius 1 is 1.30 bits per heavy atom. The van der Waals surface area contributed by atoms with Crippen LogP contribution in [0.2, 0.25) is 5.02 Å². The van der Waals surface area contributed by atoms with E-state index in [1.165, 1.54) is 4.70 Å². The number of rotatable bonds is 7. The number of fused-ring (bicyclic) bond motifs is 3. The predicted octanol–water partition coefficient (Wildman–Crippen LogP) is 6.57. The van der Waals surface area contributed by atoms with Gasteiger partial charge in [-0.1, -0.05) is 30.7 Å². The highest BCUT2D eigenvalue weighted by atomic mass is 35.5. The lowest BCUT2D eigenvalue weighted by Crippen LogP contribution is -2.34. The summed E-state index contributed by atoms with van der Waals surface area (Å²) >= 11 is 8.62. The van der Waals surface area contributed by atoms with E-state index in [-0.39, 0.29) is 18.6 Å². The molecule has 2 aromatic heterocycles. The number of carboxylic acids is 1. The van der Waals surface area contributed by atoms with Crippen LogP contribution in [0.15, 0.2) is 54.0 Å². The van der Waals surface area contributed by atoms with Crippen molar-refractivity contribution in [3.05, 3.63) is 81.4 Å². The van der Waals surface area contributed by atoms with Gasteiger partial charge in [-0.25, -0.2) is 0 Å². The van der Waals surface area contributed by atoms with Crippen molar-refractivity contribution >= 4 is 50.4 Å². The Hall–Kier alpha value is -3.37. The van der Waals surface area contributed by atoms with Crippen molar-refractivity contribution in [2.24, 2.45) is 0 Å². The largest absolute Gasteiger partial charge is 0.487 e. The Balaban J connectivity index is 1.42. The number of nitrogens with zero attached hydrogens (tertiary/aromatic N) is 3. The zero-order chi connectivity index (χ0) is 28.0. The number of benzene rings is 2. The van der Waals surface area contributed by atoms with Gasteiger partial charge in [-0.2, -0.15) is 0 Å². The molecule has 0 bridgehead atoms. The van der Waals surface area contributed by atoms with E-state index in [0.29, 0.717) is 11.6 Å². The Labute approximate surface area is 242 Å². The van der Waals surface area contributed by atoms with E-state index in [4.69, 9.17) is 16.3 Å². The molecule has 0 radical (unpaired) electrons. The van der Waals surface area contributed by atoms with Gasteiger partial charge in [-0.15, -0.1) is 16.9 Å². The number of nitrogens with one attached hydrogen (secondary N) is 2. The summed E-state index contributed by atoms with van der Waals surface area (Å²) in [4.78, 5) is 19.2. The fourth-order valence-electron chi connectivity index (χ4n) is 5.79. The van der Waals surface area contributed by atoms with Gasteiger partial charge in [-0.05, 0) is 71.1 Å². The molecule has 2 aliphatic heterocycles. The maximum absolute atomic E-state index is 12.1. The summed E-state index contributed by atoms with van der Waals surface area (Å²) in [6.45, 7) is 5.78. The van der Waals surface area contributed by atoms with Gasteiger partial charge in [0.05, 0.1) is 34.6 Å². The fraction of sp³-hybridized carbons (Fsp3) is 0.333. The van der Waals surface area contributed by atoms with Crippen LogP contribution in [-0.2, 0) is 11.3 Å². The average Bonchev–Trinajstić information content (AvgIpc) is 3.55. The molecule has 0 amide bonds. The van der Waals surface area contributed by atoms with Crippen molar-refractivity contribution in [3.63, 3.8) is 0 Å². The molecule has 4 aromatic rings. The first-order valence-corrected chi connectivity index (χ1v) is 14.7. The van der Waals surface area contributed by atoms with Crippen LogP contribution in [0, 0.1) is 0 Å². The quantitative estimate of drug-likeness (QED) is 0.227. The highest BCUT2D eigenvalue weighted by Crippen LogP contribution is 2.44. The maximum atomic E-state index is 12.1. The van der Waals surface area contributed by atoms with E-state index < -0.39 is 11.9 Å². The molecule has 8 nitrogen and oxygen atoms in total. The minimum Gasteiger partial charge on any atom is -0.487 e. The number of aromatic nitrogens is 1.